The minimum atomic E-state index is -4.51. The number of rotatable bonds is 1. The van der Waals surface area contributed by atoms with Gasteiger partial charge in [0.15, 0.2) is 0 Å². The van der Waals surface area contributed by atoms with Crippen LogP contribution in [0.25, 0.3) is 11.3 Å². The van der Waals surface area contributed by atoms with Crippen LogP contribution >= 0.6 is 0 Å². The first-order valence-electron chi connectivity index (χ1n) is 7.85. The third-order valence-electron chi connectivity index (χ3n) is 4.57. The first-order chi connectivity index (χ1) is 12.7. The summed E-state index contributed by atoms with van der Waals surface area (Å²) in [6.45, 7) is 0. The molecular weight excluding hydrogens is 370 g/mol. The lowest BCUT2D eigenvalue weighted by atomic mass is 9.89. The zero-order chi connectivity index (χ0) is 19.4. The maximum Gasteiger partial charge on any atom is 0.416 e. The molecule has 0 saturated carbocycles. The van der Waals surface area contributed by atoms with E-state index in [2.05, 4.69) is 9.97 Å². The molecule has 1 unspecified atom stereocenters. The van der Waals surface area contributed by atoms with E-state index in [0.717, 1.165) is 24.3 Å². The molecule has 0 N–H and O–H groups in total. The van der Waals surface area contributed by atoms with Crippen molar-refractivity contribution >= 4 is 0 Å². The Labute approximate surface area is 149 Å². The van der Waals surface area contributed by atoms with Crippen molar-refractivity contribution in [2.24, 2.45) is 0 Å². The minimum absolute atomic E-state index is 0.312. The van der Waals surface area contributed by atoms with Gasteiger partial charge in [0.05, 0.1) is 16.8 Å². The lowest BCUT2D eigenvalue weighted by molar-refractivity contribution is -0.138. The molecule has 2 nitrogen and oxygen atoms in total. The van der Waals surface area contributed by atoms with E-state index in [1.165, 1.54) is 30.7 Å². The van der Waals surface area contributed by atoms with Crippen LogP contribution in [0.2, 0.25) is 0 Å². The Bertz CT molecular complexity index is 1010. The highest BCUT2D eigenvalue weighted by Gasteiger charge is 2.37. The topological polar surface area (TPSA) is 25.8 Å². The van der Waals surface area contributed by atoms with Crippen molar-refractivity contribution < 1.29 is 26.3 Å². The van der Waals surface area contributed by atoms with Gasteiger partial charge in [0.2, 0.25) is 0 Å². The number of hydrogen-bond acceptors (Lipinski definition) is 2. The smallest absolute Gasteiger partial charge is 0.244 e. The molecule has 3 aromatic rings. The number of aromatic nitrogens is 2. The predicted molar refractivity (Wildman–Crippen MR) is 84.9 cm³/mol. The molecule has 1 heterocycles. The van der Waals surface area contributed by atoms with E-state index in [0.29, 0.717) is 27.9 Å². The third kappa shape index (κ3) is 2.94. The molecule has 1 atom stereocenters. The molecule has 1 aromatic heterocycles. The minimum Gasteiger partial charge on any atom is -0.244 e. The van der Waals surface area contributed by atoms with E-state index >= 15 is 0 Å². The fourth-order valence-electron chi connectivity index (χ4n) is 3.36. The highest BCUT2D eigenvalue weighted by atomic mass is 19.4. The van der Waals surface area contributed by atoms with Crippen molar-refractivity contribution in [2.45, 2.75) is 18.3 Å². The molecule has 0 amide bonds. The Morgan fingerprint density at radius 1 is 0.741 bits per heavy atom. The number of hydrogen-bond donors (Lipinski definition) is 0. The highest BCUT2D eigenvalue weighted by molar-refractivity contribution is 5.78. The lowest BCUT2D eigenvalue weighted by Crippen LogP contribution is -2.07. The van der Waals surface area contributed by atoms with Crippen LogP contribution in [0, 0.1) is 0 Å². The Morgan fingerprint density at radius 3 is 2.00 bits per heavy atom. The zero-order valence-electron chi connectivity index (χ0n) is 13.4. The van der Waals surface area contributed by atoms with E-state index in [4.69, 9.17) is 0 Å². The summed E-state index contributed by atoms with van der Waals surface area (Å²) in [5, 5.41) is 0. The number of halogens is 6. The largest absolute Gasteiger partial charge is 0.416 e. The van der Waals surface area contributed by atoms with Gasteiger partial charge in [-0.15, -0.1) is 0 Å². The molecule has 8 heteroatoms. The molecule has 0 saturated heterocycles. The normalized spacial score (nSPS) is 16.1. The fourth-order valence-corrected chi connectivity index (χ4v) is 3.36. The van der Waals surface area contributed by atoms with Gasteiger partial charge in [0.1, 0.15) is 6.33 Å². The zero-order valence-corrected chi connectivity index (χ0v) is 13.4. The second-order valence-electron chi connectivity index (χ2n) is 6.18. The molecule has 4 rings (SSSR count). The molecule has 1 aliphatic rings. The van der Waals surface area contributed by atoms with Crippen LogP contribution < -0.4 is 0 Å². The average molecular weight is 380 g/mol. The molecule has 27 heavy (non-hydrogen) atoms. The van der Waals surface area contributed by atoms with Crippen LogP contribution in [-0.4, -0.2) is 9.97 Å². The van der Waals surface area contributed by atoms with E-state index in [9.17, 15) is 26.3 Å². The van der Waals surface area contributed by atoms with Crippen molar-refractivity contribution in [1.82, 2.24) is 9.97 Å². The second kappa shape index (κ2) is 5.80. The van der Waals surface area contributed by atoms with E-state index in [-0.39, 0.29) is 0 Å². The van der Waals surface area contributed by atoms with Crippen molar-refractivity contribution in [1.29, 1.82) is 0 Å². The second-order valence-corrected chi connectivity index (χ2v) is 6.18. The summed E-state index contributed by atoms with van der Waals surface area (Å²) >= 11 is 0. The predicted octanol–water partition coefficient (Wildman–Crippen LogP) is 5.67. The van der Waals surface area contributed by atoms with E-state index in [1.807, 2.05) is 0 Å². The first kappa shape index (κ1) is 17.5. The van der Waals surface area contributed by atoms with Crippen LogP contribution in [-0.2, 0) is 12.4 Å². The number of nitrogens with zero attached hydrogens (tertiary/aromatic N) is 2. The Kier molecular flexibility index (Phi) is 3.76. The van der Waals surface area contributed by atoms with Gasteiger partial charge in [-0.1, -0.05) is 18.2 Å². The summed E-state index contributed by atoms with van der Waals surface area (Å²) in [6.07, 6.45) is -6.25. The Balaban J connectivity index is 1.86. The molecule has 2 aromatic carbocycles. The summed E-state index contributed by atoms with van der Waals surface area (Å²) in [5.74, 6) is -0.527. The van der Waals surface area contributed by atoms with Crippen molar-refractivity contribution in [3.63, 3.8) is 0 Å². The van der Waals surface area contributed by atoms with Gasteiger partial charge in [-0.2, -0.15) is 26.3 Å². The summed E-state index contributed by atoms with van der Waals surface area (Å²) in [6, 6.07) is 7.92. The van der Waals surface area contributed by atoms with Gasteiger partial charge in [-0.25, -0.2) is 9.97 Å². The van der Waals surface area contributed by atoms with Crippen molar-refractivity contribution in [2.75, 3.05) is 0 Å². The van der Waals surface area contributed by atoms with E-state index < -0.39 is 29.4 Å². The molecule has 0 radical (unpaired) electrons. The summed E-state index contributed by atoms with van der Waals surface area (Å²) < 4.78 is 77.6. The lowest BCUT2D eigenvalue weighted by Gasteiger charge is -2.15. The van der Waals surface area contributed by atoms with Crippen molar-refractivity contribution in [3.8, 4) is 11.3 Å². The van der Waals surface area contributed by atoms with Gasteiger partial charge in [0, 0.05) is 23.2 Å². The van der Waals surface area contributed by atoms with Crippen LogP contribution in [0.15, 0.2) is 55.0 Å². The third-order valence-corrected chi connectivity index (χ3v) is 4.57. The quantitative estimate of drug-likeness (QED) is 0.398. The maximum absolute atomic E-state index is 13.1. The van der Waals surface area contributed by atoms with Crippen LogP contribution in [0.1, 0.15) is 33.7 Å². The summed E-state index contributed by atoms with van der Waals surface area (Å²) in [5.41, 5.74) is 0.714. The summed E-state index contributed by atoms with van der Waals surface area (Å²) in [4.78, 5) is 8.03. The van der Waals surface area contributed by atoms with Gasteiger partial charge in [-0.05, 0) is 35.4 Å². The molecule has 0 aliphatic heterocycles. The SMILES string of the molecule is FC(F)(F)c1ccc(C2c3ccc(C(F)(F)F)cc3-c3ncncc32)cc1. The highest BCUT2D eigenvalue weighted by Crippen LogP contribution is 2.48. The van der Waals surface area contributed by atoms with Gasteiger partial charge in [0.25, 0.3) is 0 Å². The molecule has 0 bridgehead atoms. The van der Waals surface area contributed by atoms with Crippen LogP contribution in [0.4, 0.5) is 26.3 Å². The van der Waals surface area contributed by atoms with Gasteiger partial charge >= 0.3 is 12.4 Å². The number of alkyl halides is 6. The molecular formula is C19H10F6N2. The van der Waals surface area contributed by atoms with Crippen LogP contribution in [0.3, 0.4) is 0 Å². The van der Waals surface area contributed by atoms with Crippen molar-refractivity contribution in [3.05, 3.63) is 82.8 Å². The Morgan fingerprint density at radius 2 is 1.37 bits per heavy atom. The van der Waals surface area contributed by atoms with Gasteiger partial charge in [-0.3, -0.25) is 0 Å². The molecule has 138 valence electrons. The van der Waals surface area contributed by atoms with Gasteiger partial charge < -0.3 is 0 Å². The molecule has 0 fully saturated rings. The Hall–Kier alpha value is -2.90. The maximum atomic E-state index is 13.1. The van der Waals surface area contributed by atoms with Crippen LogP contribution in [0.5, 0.6) is 0 Å². The fraction of sp³-hybridized carbons (Fsp3) is 0.158. The summed E-state index contributed by atoms with van der Waals surface area (Å²) in [7, 11) is 0. The average Bonchev–Trinajstić information content (AvgIpc) is 2.94. The number of fused-ring (bicyclic) bond motifs is 3. The monoisotopic (exact) mass is 380 g/mol. The standard InChI is InChI=1S/C19H10F6N2/c20-18(21,22)11-3-1-10(2-4-11)16-13-6-5-12(19(23,24)25)7-14(13)17-15(16)8-26-9-27-17/h1-9,16H. The number of benzene rings is 2. The van der Waals surface area contributed by atoms with E-state index in [1.54, 1.807) is 0 Å². The molecule has 1 aliphatic carbocycles. The first-order valence-corrected chi connectivity index (χ1v) is 7.85. The molecule has 0 spiro atoms.